The van der Waals surface area contributed by atoms with Crippen molar-refractivity contribution >= 4 is 34.4 Å². The second-order valence-corrected chi connectivity index (χ2v) is 5.20. The van der Waals surface area contributed by atoms with E-state index in [4.69, 9.17) is 0 Å². The highest BCUT2D eigenvalue weighted by Gasteiger charge is 2.06. The molecule has 2 N–H and O–H groups in total. The molecule has 2 rings (SSSR count). The summed E-state index contributed by atoms with van der Waals surface area (Å²) in [6.07, 6.45) is 3.26. The van der Waals surface area contributed by atoms with Crippen LogP contribution in [0.4, 0.5) is 11.8 Å². The highest BCUT2D eigenvalue weighted by Crippen LogP contribution is 2.21. The lowest BCUT2D eigenvalue weighted by molar-refractivity contribution is 0.980. The number of rotatable bonds is 7. The second kappa shape index (κ2) is 7.19. The van der Waals surface area contributed by atoms with Crippen LogP contribution >= 0.6 is 11.8 Å². The highest BCUT2D eigenvalue weighted by atomic mass is 32.2. The quantitative estimate of drug-likeness (QED) is 0.760. The van der Waals surface area contributed by atoms with Crippen LogP contribution in [0, 0.1) is 0 Å². The number of hydrogen-bond acceptors (Lipinski definition) is 5. The van der Waals surface area contributed by atoms with Gasteiger partial charge in [-0.3, -0.25) is 0 Å². The summed E-state index contributed by atoms with van der Waals surface area (Å²) in [4.78, 5) is 9.05. The molecule has 0 aliphatic carbocycles. The number of aromatic nitrogens is 2. The van der Waals surface area contributed by atoms with Gasteiger partial charge in [-0.15, -0.1) is 0 Å². The van der Waals surface area contributed by atoms with E-state index < -0.39 is 0 Å². The second-order valence-electron chi connectivity index (χ2n) is 4.22. The van der Waals surface area contributed by atoms with E-state index in [-0.39, 0.29) is 0 Å². The number of para-hydroxylation sites is 1. The van der Waals surface area contributed by atoms with Gasteiger partial charge in [0.25, 0.3) is 0 Å². The summed E-state index contributed by atoms with van der Waals surface area (Å²) < 4.78 is 0. The molecule has 4 nitrogen and oxygen atoms in total. The molecule has 0 saturated carbocycles. The summed E-state index contributed by atoms with van der Waals surface area (Å²) in [5.41, 5.74) is 0.973. The molecule has 0 fully saturated rings. The van der Waals surface area contributed by atoms with Gasteiger partial charge >= 0.3 is 0 Å². The van der Waals surface area contributed by atoms with Crippen molar-refractivity contribution in [2.45, 2.75) is 13.3 Å². The third-order valence-electron chi connectivity index (χ3n) is 2.76. The van der Waals surface area contributed by atoms with E-state index in [1.165, 1.54) is 0 Å². The zero-order valence-electron chi connectivity index (χ0n) is 11.4. The summed E-state index contributed by atoms with van der Waals surface area (Å²) in [6, 6.07) is 8.10. The Kier molecular flexibility index (Phi) is 5.27. The lowest BCUT2D eigenvalue weighted by Gasteiger charge is -2.10. The van der Waals surface area contributed by atoms with Crippen molar-refractivity contribution in [1.29, 1.82) is 0 Å². The minimum atomic E-state index is 0.688. The Hall–Kier alpha value is -1.49. The first-order valence-corrected chi connectivity index (χ1v) is 7.98. The topological polar surface area (TPSA) is 49.8 Å². The Labute approximate surface area is 118 Å². The molecule has 1 aromatic carbocycles. The van der Waals surface area contributed by atoms with Crippen molar-refractivity contribution < 1.29 is 0 Å². The van der Waals surface area contributed by atoms with E-state index in [1.807, 2.05) is 36.9 Å². The standard InChI is InChI=1S/C14H20N4S/c1-3-15-14-17-12-8-5-4-7-11(12)13(18-14)16-9-6-10-19-2/h4-5,7-8H,3,6,9-10H2,1-2H3,(H2,15,16,17,18). The first kappa shape index (κ1) is 13.9. The van der Waals surface area contributed by atoms with E-state index in [9.17, 15) is 0 Å². The van der Waals surface area contributed by atoms with Crippen molar-refractivity contribution in [3.63, 3.8) is 0 Å². The molecule has 5 heteroatoms. The molecule has 0 bridgehead atoms. The van der Waals surface area contributed by atoms with Gasteiger partial charge < -0.3 is 10.6 Å². The zero-order chi connectivity index (χ0) is 13.5. The molecule has 102 valence electrons. The maximum absolute atomic E-state index is 4.55. The molecular weight excluding hydrogens is 256 g/mol. The van der Waals surface area contributed by atoms with Crippen molar-refractivity contribution in [1.82, 2.24) is 9.97 Å². The molecule has 0 saturated heterocycles. The van der Waals surface area contributed by atoms with E-state index in [1.54, 1.807) is 0 Å². The molecule has 19 heavy (non-hydrogen) atoms. The Morgan fingerprint density at radius 3 is 2.79 bits per heavy atom. The van der Waals surface area contributed by atoms with Gasteiger partial charge in [-0.25, -0.2) is 4.98 Å². The molecule has 0 aliphatic rings. The normalized spacial score (nSPS) is 10.6. The van der Waals surface area contributed by atoms with Gasteiger partial charge in [0.1, 0.15) is 5.82 Å². The smallest absolute Gasteiger partial charge is 0.225 e. The molecule has 1 aromatic heterocycles. The maximum atomic E-state index is 4.55. The highest BCUT2D eigenvalue weighted by molar-refractivity contribution is 7.98. The summed E-state index contributed by atoms with van der Waals surface area (Å²) in [6.45, 7) is 3.81. The van der Waals surface area contributed by atoms with Crippen LogP contribution in [0.5, 0.6) is 0 Å². The third kappa shape index (κ3) is 3.73. The number of benzene rings is 1. The fraction of sp³-hybridized carbons (Fsp3) is 0.429. The van der Waals surface area contributed by atoms with Gasteiger partial charge in [-0.1, -0.05) is 12.1 Å². The van der Waals surface area contributed by atoms with E-state index in [0.29, 0.717) is 5.95 Å². The van der Waals surface area contributed by atoms with Crippen LogP contribution in [0.1, 0.15) is 13.3 Å². The van der Waals surface area contributed by atoms with Crippen LogP contribution in [0.2, 0.25) is 0 Å². The largest absolute Gasteiger partial charge is 0.369 e. The Bertz CT molecular complexity index is 530. The predicted molar refractivity (Wildman–Crippen MR) is 85.2 cm³/mol. The van der Waals surface area contributed by atoms with Crippen LogP contribution in [0.25, 0.3) is 10.9 Å². The first-order chi connectivity index (χ1) is 9.35. The molecule has 0 aliphatic heterocycles. The fourth-order valence-corrected chi connectivity index (χ4v) is 2.30. The SMILES string of the molecule is CCNc1nc(NCCCSC)c2ccccc2n1. The number of nitrogens with zero attached hydrogens (tertiary/aromatic N) is 2. The third-order valence-corrected chi connectivity index (χ3v) is 3.45. The predicted octanol–water partition coefficient (Wildman–Crippen LogP) is 3.23. The van der Waals surface area contributed by atoms with E-state index in [0.717, 1.165) is 42.0 Å². The van der Waals surface area contributed by atoms with Crippen LogP contribution in [0.15, 0.2) is 24.3 Å². The van der Waals surface area contributed by atoms with Crippen molar-refractivity contribution in [3.05, 3.63) is 24.3 Å². The van der Waals surface area contributed by atoms with Crippen molar-refractivity contribution in [2.75, 3.05) is 35.7 Å². The van der Waals surface area contributed by atoms with E-state index in [2.05, 4.69) is 32.9 Å². The average Bonchev–Trinajstić information content (AvgIpc) is 2.44. The summed E-state index contributed by atoms with van der Waals surface area (Å²) in [5.74, 6) is 2.77. The van der Waals surface area contributed by atoms with Gasteiger partial charge in [0, 0.05) is 18.5 Å². The van der Waals surface area contributed by atoms with Crippen molar-refractivity contribution in [2.24, 2.45) is 0 Å². The minimum absolute atomic E-state index is 0.688. The molecular formula is C14H20N4S. The Morgan fingerprint density at radius 1 is 1.16 bits per heavy atom. The molecule has 2 aromatic rings. The van der Waals surface area contributed by atoms with Crippen LogP contribution in [0.3, 0.4) is 0 Å². The van der Waals surface area contributed by atoms with Crippen LogP contribution in [-0.4, -0.2) is 35.1 Å². The fourth-order valence-electron chi connectivity index (χ4n) is 1.87. The Morgan fingerprint density at radius 2 is 2.00 bits per heavy atom. The van der Waals surface area contributed by atoms with E-state index >= 15 is 0 Å². The molecule has 1 heterocycles. The molecule has 0 unspecified atom stereocenters. The lowest BCUT2D eigenvalue weighted by Crippen LogP contribution is -2.08. The molecule has 0 atom stereocenters. The van der Waals surface area contributed by atoms with Gasteiger partial charge in [0.05, 0.1) is 5.52 Å². The van der Waals surface area contributed by atoms with Gasteiger partial charge in [-0.05, 0) is 37.5 Å². The van der Waals surface area contributed by atoms with Gasteiger partial charge in [-0.2, -0.15) is 16.7 Å². The molecule has 0 spiro atoms. The summed E-state index contributed by atoms with van der Waals surface area (Å²) in [5, 5.41) is 7.67. The summed E-state index contributed by atoms with van der Waals surface area (Å²) in [7, 11) is 0. The summed E-state index contributed by atoms with van der Waals surface area (Å²) >= 11 is 1.87. The first-order valence-electron chi connectivity index (χ1n) is 6.58. The minimum Gasteiger partial charge on any atom is -0.369 e. The van der Waals surface area contributed by atoms with Gasteiger partial charge in [0.2, 0.25) is 5.95 Å². The number of thioether (sulfide) groups is 1. The maximum Gasteiger partial charge on any atom is 0.225 e. The zero-order valence-corrected chi connectivity index (χ0v) is 12.3. The molecule has 0 amide bonds. The Balaban J connectivity index is 2.23. The van der Waals surface area contributed by atoms with Gasteiger partial charge in [0.15, 0.2) is 0 Å². The number of anilines is 2. The van der Waals surface area contributed by atoms with Crippen molar-refractivity contribution in [3.8, 4) is 0 Å². The number of fused-ring (bicyclic) bond motifs is 1. The number of nitrogens with one attached hydrogen (secondary N) is 2. The lowest BCUT2D eigenvalue weighted by atomic mass is 10.2. The number of hydrogen-bond donors (Lipinski definition) is 2. The average molecular weight is 276 g/mol. The molecule has 0 radical (unpaired) electrons. The van der Waals surface area contributed by atoms with Crippen LogP contribution < -0.4 is 10.6 Å². The van der Waals surface area contributed by atoms with Crippen LogP contribution in [-0.2, 0) is 0 Å². The monoisotopic (exact) mass is 276 g/mol.